The Labute approximate surface area is 167 Å². The van der Waals surface area contributed by atoms with Crippen molar-refractivity contribution in [2.45, 2.75) is 17.4 Å². The number of amides is 1. The van der Waals surface area contributed by atoms with Gasteiger partial charge in [0.05, 0.1) is 11.4 Å². The first-order valence-electron chi connectivity index (χ1n) is 8.37. The van der Waals surface area contributed by atoms with Crippen molar-refractivity contribution in [3.63, 3.8) is 0 Å². The van der Waals surface area contributed by atoms with E-state index in [1.54, 1.807) is 29.3 Å². The second-order valence-corrected chi connectivity index (χ2v) is 9.47. The fourth-order valence-electron chi connectivity index (χ4n) is 2.77. The molecule has 3 rings (SSSR count). The monoisotopic (exact) mass is 453 g/mol. The predicted molar refractivity (Wildman–Crippen MR) is 104 cm³/mol. The molecule has 0 aliphatic carbocycles. The third-order valence-corrected chi connectivity index (χ3v) is 6.60. The van der Waals surface area contributed by atoms with E-state index in [1.165, 1.54) is 26.2 Å². The minimum atomic E-state index is -3.51. The normalized spacial score (nSPS) is 17.3. The maximum atomic E-state index is 12.7. The zero-order valence-electron chi connectivity index (χ0n) is 15.0. The summed E-state index contributed by atoms with van der Waals surface area (Å²) in [4.78, 5) is 18.7. The second-order valence-electron chi connectivity index (χ2n) is 6.41. The van der Waals surface area contributed by atoms with Crippen LogP contribution < -0.4 is 4.74 Å². The standard InChI is InChI=1S/C18H20BrN3O4S/c1-21(2)27(24,25)16-6-3-13(4-7-16)18(23)22-10-9-15(12-22)26-17-8-5-14(19)11-20-17/h3-8,11,15H,9-10,12H2,1-2H3. The number of ether oxygens (including phenoxy) is 1. The van der Waals surface area contributed by atoms with Crippen LogP contribution in [0.1, 0.15) is 16.8 Å². The number of likely N-dealkylation sites (tertiary alicyclic amines) is 1. The van der Waals surface area contributed by atoms with Gasteiger partial charge in [0.15, 0.2) is 0 Å². The molecular weight excluding hydrogens is 434 g/mol. The van der Waals surface area contributed by atoms with Crippen molar-refractivity contribution >= 4 is 31.9 Å². The van der Waals surface area contributed by atoms with Gasteiger partial charge in [-0.05, 0) is 46.3 Å². The van der Waals surface area contributed by atoms with E-state index in [0.29, 0.717) is 24.5 Å². The van der Waals surface area contributed by atoms with Crippen LogP contribution in [0, 0.1) is 0 Å². The molecule has 144 valence electrons. The topological polar surface area (TPSA) is 79.8 Å². The number of aromatic nitrogens is 1. The molecule has 0 bridgehead atoms. The van der Waals surface area contributed by atoms with Crippen molar-refractivity contribution in [1.29, 1.82) is 0 Å². The minimum Gasteiger partial charge on any atom is -0.472 e. The summed E-state index contributed by atoms with van der Waals surface area (Å²) in [7, 11) is -0.564. The van der Waals surface area contributed by atoms with Gasteiger partial charge in [-0.3, -0.25) is 4.79 Å². The van der Waals surface area contributed by atoms with Crippen LogP contribution in [0.3, 0.4) is 0 Å². The predicted octanol–water partition coefficient (Wildman–Crippen LogP) is 2.39. The SMILES string of the molecule is CN(C)S(=O)(=O)c1ccc(C(=O)N2CCC(Oc3ccc(Br)cn3)C2)cc1. The highest BCUT2D eigenvalue weighted by Crippen LogP contribution is 2.21. The van der Waals surface area contributed by atoms with Crippen LogP contribution in [0.15, 0.2) is 52.0 Å². The highest BCUT2D eigenvalue weighted by molar-refractivity contribution is 9.10. The van der Waals surface area contributed by atoms with Crippen LogP contribution in [0.4, 0.5) is 0 Å². The van der Waals surface area contributed by atoms with E-state index < -0.39 is 10.0 Å². The largest absolute Gasteiger partial charge is 0.472 e. The average molecular weight is 454 g/mol. The van der Waals surface area contributed by atoms with Crippen LogP contribution in [0.2, 0.25) is 0 Å². The summed E-state index contributed by atoms with van der Waals surface area (Å²) >= 11 is 3.33. The Morgan fingerprint density at radius 1 is 1.22 bits per heavy atom. The zero-order valence-corrected chi connectivity index (χ0v) is 17.4. The quantitative estimate of drug-likeness (QED) is 0.694. The maximum Gasteiger partial charge on any atom is 0.253 e. The molecule has 1 atom stereocenters. The number of pyridine rings is 1. The van der Waals surface area contributed by atoms with E-state index in [2.05, 4.69) is 20.9 Å². The summed E-state index contributed by atoms with van der Waals surface area (Å²) < 4.78 is 32.1. The van der Waals surface area contributed by atoms with Crippen molar-refractivity contribution in [3.8, 4) is 5.88 Å². The molecule has 1 aliphatic rings. The first-order chi connectivity index (χ1) is 12.8. The van der Waals surface area contributed by atoms with Crippen molar-refractivity contribution in [2.24, 2.45) is 0 Å². The van der Waals surface area contributed by atoms with Crippen LogP contribution in [-0.2, 0) is 10.0 Å². The fourth-order valence-corrected chi connectivity index (χ4v) is 3.91. The molecule has 1 fully saturated rings. The summed E-state index contributed by atoms with van der Waals surface area (Å²) in [5.74, 6) is 0.384. The summed E-state index contributed by atoms with van der Waals surface area (Å²) in [5.41, 5.74) is 0.454. The van der Waals surface area contributed by atoms with Gasteiger partial charge < -0.3 is 9.64 Å². The Hall–Kier alpha value is -1.97. The van der Waals surface area contributed by atoms with Gasteiger partial charge in [0.2, 0.25) is 15.9 Å². The van der Waals surface area contributed by atoms with Crippen molar-refractivity contribution in [2.75, 3.05) is 27.2 Å². The van der Waals surface area contributed by atoms with Gasteiger partial charge in [0, 0.05) is 49.4 Å². The van der Waals surface area contributed by atoms with E-state index >= 15 is 0 Å². The molecule has 2 heterocycles. The molecule has 0 saturated carbocycles. The number of hydrogen-bond acceptors (Lipinski definition) is 5. The molecule has 1 saturated heterocycles. The molecule has 1 aliphatic heterocycles. The van der Waals surface area contributed by atoms with Crippen LogP contribution in [0.5, 0.6) is 5.88 Å². The molecule has 2 aromatic rings. The van der Waals surface area contributed by atoms with Crippen molar-refractivity contribution in [1.82, 2.24) is 14.2 Å². The van der Waals surface area contributed by atoms with E-state index in [4.69, 9.17) is 4.74 Å². The molecule has 9 heteroatoms. The number of sulfonamides is 1. The molecule has 27 heavy (non-hydrogen) atoms. The lowest BCUT2D eigenvalue weighted by atomic mass is 10.2. The zero-order chi connectivity index (χ0) is 19.6. The molecule has 7 nitrogen and oxygen atoms in total. The van der Waals surface area contributed by atoms with E-state index in [0.717, 1.165) is 15.2 Å². The third kappa shape index (κ3) is 4.48. The maximum absolute atomic E-state index is 12.7. The van der Waals surface area contributed by atoms with Crippen LogP contribution in [0.25, 0.3) is 0 Å². The summed E-state index contributed by atoms with van der Waals surface area (Å²) in [6, 6.07) is 9.63. The van der Waals surface area contributed by atoms with Gasteiger partial charge in [-0.25, -0.2) is 17.7 Å². The smallest absolute Gasteiger partial charge is 0.253 e. The second kappa shape index (κ2) is 7.95. The highest BCUT2D eigenvalue weighted by Gasteiger charge is 2.29. The Bertz CT molecular complexity index is 915. The first-order valence-corrected chi connectivity index (χ1v) is 10.6. The van der Waals surface area contributed by atoms with Crippen LogP contribution in [-0.4, -0.2) is 61.8 Å². The first kappa shape index (κ1) is 19.8. The summed E-state index contributed by atoms with van der Waals surface area (Å²) in [5, 5.41) is 0. The number of hydrogen-bond donors (Lipinski definition) is 0. The van der Waals surface area contributed by atoms with Gasteiger partial charge >= 0.3 is 0 Å². The lowest BCUT2D eigenvalue weighted by Crippen LogP contribution is -2.31. The molecule has 1 unspecified atom stereocenters. The Morgan fingerprint density at radius 2 is 1.93 bits per heavy atom. The number of halogens is 1. The molecule has 0 radical (unpaired) electrons. The molecular formula is C18H20BrN3O4S. The van der Waals surface area contributed by atoms with E-state index in [-0.39, 0.29) is 16.9 Å². The van der Waals surface area contributed by atoms with E-state index in [1.807, 2.05) is 6.07 Å². The number of rotatable bonds is 5. The lowest BCUT2D eigenvalue weighted by molar-refractivity contribution is 0.0771. The van der Waals surface area contributed by atoms with Gasteiger partial charge in [-0.1, -0.05) is 0 Å². The van der Waals surface area contributed by atoms with Gasteiger partial charge in [0.25, 0.3) is 5.91 Å². The van der Waals surface area contributed by atoms with Gasteiger partial charge in [-0.15, -0.1) is 0 Å². The van der Waals surface area contributed by atoms with E-state index in [9.17, 15) is 13.2 Å². The molecule has 1 amide bonds. The summed E-state index contributed by atoms with van der Waals surface area (Å²) in [6.45, 7) is 1.05. The van der Waals surface area contributed by atoms with Crippen LogP contribution >= 0.6 is 15.9 Å². The molecule has 0 spiro atoms. The fraction of sp³-hybridized carbons (Fsp3) is 0.333. The van der Waals surface area contributed by atoms with Gasteiger partial charge in [-0.2, -0.15) is 0 Å². The average Bonchev–Trinajstić information content (AvgIpc) is 3.11. The Morgan fingerprint density at radius 3 is 2.52 bits per heavy atom. The van der Waals surface area contributed by atoms with Gasteiger partial charge in [0.1, 0.15) is 6.10 Å². The summed E-state index contributed by atoms with van der Waals surface area (Å²) in [6.07, 6.45) is 2.27. The Balaban J connectivity index is 1.64. The number of carbonyl (C=O) groups is 1. The third-order valence-electron chi connectivity index (χ3n) is 4.30. The number of benzene rings is 1. The number of carbonyl (C=O) groups excluding carboxylic acids is 1. The highest BCUT2D eigenvalue weighted by atomic mass is 79.9. The molecule has 1 aromatic heterocycles. The van der Waals surface area contributed by atoms with Crippen molar-refractivity contribution < 1.29 is 17.9 Å². The molecule has 1 aromatic carbocycles. The Kier molecular flexibility index (Phi) is 5.83. The van der Waals surface area contributed by atoms with Crippen molar-refractivity contribution in [3.05, 3.63) is 52.6 Å². The minimum absolute atomic E-state index is 0.115. The molecule has 0 N–H and O–H groups in total. The number of nitrogens with zero attached hydrogens (tertiary/aromatic N) is 3. The lowest BCUT2D eigenvalue weighted by Gasteiger charge is -2.17.